The van der Waals surface area contributed by atoms with Crippen LogP contribution >= 0.6 is 12.6 Å². The summed E-state index contributed by atoms with van der Waals surface area (Å²) in [7, 11) is 0. The number of anilines is 1. The molecule has 0 N–H and O–H groups in total. The van der Waals surface area contributed by atoms with Crippen molar-refractivity contribution in [2.75, 3.05) is 11.4 Å². The second-order valence-electron chi connectivity index (χ2n) is 4.15. The van der Waals surface area contributed by atoms with Crippen molar-refractivity contribution in [3.63, 3.8) is 0 Å². The van der Waals surface area contributed by atoms with E-state index in [1.165, 1.54) is 6.39 Å². The van der Waals surface area contributed by atoms with Crippen LogP contribution in [0.2, 0.25) is 0 Å². The van der Waals surface area contributed by atoms with E-state index < -0.39 is 0 Å². The van der Waals surface area contributed by atoms with Crippen LogP contribution in [-0.2, 0) is 4.79 Å². The van der Waals surface area contributed by atoms with E-state index in [2.05, 4.69) is 22.8 Å². The van der Waals surface area contributed by atoms with Gasteiger partial charge in [0.05, 0.1) is 0 Å². The van der Waals surface area contributed by atoms with Crippen LogP contribution in [0.15, 0.2) is 35.1 Å². The molecule has 0 bridgehead atoms. The van der Waals surface area contributed by atoms with Gasteiger partial charge in [-0.2, -0.15) is 12.6 Å². The largest absolute Gasteiger partial charge is 0.423 e. The second kappa shape index (κ2) is 4.45. The van der Waals surface area contributed by atoms with E-state index in [-0.39, 0.29) is 11.2 Å². The number of hydrogen-bond acceptors (Lipinski definition) is 5. The van der Waals surface area contributed by atoms with E-state index in [0.717, 1.165) is 11.3 Å². The number of aromatic nitrogens is 2. The highest BCUT2D eigenvalue weighted by atomic mass is 32.1. The van der Waals surface area contributed by atoms with E-state index in [0.29, 0.717) is 18.9 Å². The Bertz CT molecular complexity index is 553. The Morgan fingerprint density at radius 2 is 2.11 bits per heavy atom. The quantitative estimate of drug-likeness (QED) is 0.837. The summed E-state index contributed by atoms with van der Waals surface area (Å²) in [6.07, 6.45) is 1.78. The lowest BCUT2D eigenvalue weighted by Gasteiger charge is -2.15. The number of rotatable bonds is 2. The van der Waals surface area contributed by atoms with Crippen molar-refractivity contribution in [1.82, 2.24) is 10.2 Å². The molecule has 6 heteroatoms. The Hall–Kier alpha value is -1.82. The van der Waals surface area contributed by atoms with Crippen LogP contribution in [0.4, 0.5) is 5.69 Å². The molecule has 1 unspecified atom stereocenters. The average molecular weight is 261 g/mol. The van der Waals surface area contributed by atoms with Crippen LogP contribution in [-0.4, -0.2) is 27.9 Å². The van der Waals surface area contributed by atoms with Crippen molar-refractivity contribution in [1.29, 1.82) is 0 Å². The molecular formula is C12H11N3O2S. The molecule has 1 atom stereocenters. The molecule has 0 aliphatic carbocycles. The highest BCUT2D eigenvalue weighted by Gasteiger charge is 2.28. The molecule has 1 amide bonds. The number of thiol groups is 1. The van der Waals surface area contributed by atoms with Crippen LogP contribution in [0, 0.1) is 0 Å². The fraction of sp³-hybridized carbons (Fsp3) is 0.250. The normalized spacial score (nSPS) is 19.5. The van der Waals surface area contributed by atoms with E-state index in [1.807, 2.05) is 24.3 Å². The standard InChI is InChI=1S/C12H11N3O2S/c16-11-5-10(18)6-15(11)9-3-1-8(2-4-9)12-14-13-7-17-12/h1-4,7,10,18H,5-6H2. The molecule has 0 spiro atoms. The van der Waals surface area contributed by atoms with Gasteiger partial charge < -0.3 is 9.32 Å². The van der Waals surface area contributed by atoms with Gasteiger partial charge in [0.1, 0.15) is 0 Å². The molecule has 1 aromatic carbocycles. The van der Waals surface area contributed by atoms with Crippen molar-refractivity contribution in [3.8, 4) is 11.5 Å². The average Bonchev–Trinajstić information content (AvgIpc) is 2.99. The number of amides is 1. The van der Waals surface area contributed by atoms with Crippen molar-refractivity contribution in [2.45, 2.75) is 11.7 Å². The topological polar surface area (TPSA) is 59.2 Å². The third kappa shape index (κ3) is 1.99. The van der Waals surface area contributed by atoms with Gasteiger partial charge in [-0.15, -0.1) is 10.2 Å². The zero-order valence-electron chi connectivity index (χ0n) is 9.48. The molecule has 1 fully saturated rings. The molecular weight excluding hydrogens is 250 g/mol. The molecule has 5 nitrogen and oxygen atoms in total. The Balaban J connectivity index is 1.85. The first kappa shape index (κ1) is 11.3. The lowest BCUT2D eigenvalue weighted by atomic mass is 10.2. The summed E-state index contributed by atoms with van der Waals surface area (Å²) in [5.74, 6) is 0.585. The SMILES string of the molecule is O=C1CC(S)CN1c1ccc(-c2nnco2)cc1. The van der Waals surface area contributed by atoms with Gasteiger partial charge in [0.2, 0.25) is 18.2 Å². The number of benzene rings is 1. The van der Waals surface area contributed by atoms with Crippen LogP contribution in [0.1, 0.15) is 6.42 Å². The lowest BCUT2D eigenvalue weighted by molar-refractivity contribution is -0.117. The van der Waals surface area contributed by atoms with Gasteiger partial charge in [-0.1, -0.05) is 0 Å². The van der Waals surface area contributed by atoms with Crippen LogP contribution in [0.25, 0.3) is 11.5 Å². The smallest absolute Gasteiger partial charge is 0.247 e. The third-order valence-corrected chi connectivity index (χ3v) is 3.24. The molecule has 0 radical (unpaired) electrons. The zero-order valence-corrected chi connectivity index (χ0v) is 10.4. The molecule has 1 aromatic heterocycles. The summed E-state index contributed by atoms with van der Waals surface area (Å²) in [6.45, 7) is 0.655. The summed E-state index contributed by atoms with van der Waals surface area (Å²) in [6, 6.07) is 7.48. The highest BCUT2D eigenvalue weighted by Crippen LogP contribution is 2.26. The summed E-state index contributed by atoms with van der Waals surface area (Å²) in [5.41, 5.74) is 1.71. The first-order valence-corrected chi connectivity index (χ1v) is 6.11. The van der Waals surface area contributed by atoms with Gasteiger partial charge in [-0.05, 0) is 24.3 Å². The van der Waals surface area contributed by atoms with Gasteiger partial charge in [0.25, 0.3) is 0 Å². The first-order valence-electron chi connectivity index (χ1n) is 5.59. The van der Waals surface area contributed by atoms with Gasteiger partial charge in [0, 0.05) is 29.5 Å². The molecule has 2 aromatic rings. The van der Waals surface area contributed by atoms with Crippen molar-refractivity contribution in [3.05, 3.63) is 30.7 Å². The molecule has 1 aliphatic rings. The van der Waals surface area contributed by atoms with Crippen LogP contribution < -0.4 is 4.90 Å². The van der Waals surface area contributed by atoms with E-state index in [1.54, 1.807) is 4.90 Å². The van der Waals surface area contributed by atoms with Gasteiger partial charge in [-0.25, -0.2) is 0 Å². The van der Waals surface area contributed by atoms with E-state index in [4.69, 9.17) is 4.42 Å². The highest BCUT2D eigenvalue weighted by molar-refractivity contribution is 7.81. The molecule has 1 saturated heterocycles. The summed E-state index contributed by atoms with van der Waals surface area (Å²) in [5, 5.41) is 7.58. The molecule has 0 saturated carbocycles. The maximum atomic E-state index is 11.7. The summed E-state index contributed by atoms with van der Waals surface area (Å²) < 4.78 is 5.11. The fourth-order valence-corrected chi connectivity index (χ4v) is 2.34. The van der Waals surface area contributed by atoms with Crippen molar-refractivity contribution < 1.29 is 9.21 Å². The molecule has 18 heavy (non-hydrogen) atoms. The van der Waals surface area contributed by atoms with Gasteiger partial charge in [-0.3, -0.25) is 4.79 Å². The Morgan fingerprint density at radius 3 is 2.67 bits per heavy atom. The molecule has 3 rings (SSSR count). The van der Waals surface area contributed by atoms with Crippen LogP contribution in [0.5, 0.6) is 0 Å². The predicted octanol–water partition coefficient (Wildman–Crippen LogP) is 1.77. The summed E-state index contributed by atoms with van der Waals surface area (Å²) >= 11 is 4.33. The number of nitrogens with zero attached hydrogens (tertiary/aromatic N) is 3. The number of hydrogen-bond donors (Lipinski definition) is 1. The first-order chi connectivity index (χ1) is 8.74. The van der Waals surface area contributed by atoms with Crippen molar-refractivity contribution in [2.24, 2.45) is 0 Å². The summed E-state index contributed by atoms with van der Waals surface area (Å²) in [4.78, 5) is 13.5. The van der Waals surface area contributed by atoms with Gasteiger partial charge >= 0.3 is 0 Å². The predicted molar refractivity (Wildman–Crippen MR) is 69.5 cm³/mol. The lowest BCUT2D eigenvalue weighted by Crippen LogP contribution is -2.24. The Labute approximate surface area is 109 Å². The van der Waals surface area contributed by atoms with E-state index in [9.17, 15) is 4.79 Å². The monoisotopic (exact) mass is 261 g/mol. The second-order valence-corrected chi connectivity index (χ2v) is 4.88. The van der Waals surface area contributed by atoms with Crippen molar-refractivity contribution >= 4 is 24.2 Å². The van der Waals surface area contributed by atoms with E-state index >= 15 is 0 Å². The molecule has 2 heterocycles. The van der Waals surface area contributed by atoms with Gasteiger partial charge in [0.15, 0.2) is 0 Å². The minimum atomic E-state index is 0.112. The maximum Gasteiger partial charge on any atom is 0.247 e. The minimum Gasteiger partial charge on any atom is -0.423 e. The van der Waals surface area contributed by atoms with Crippen LogP contribution in [0.3, 0.4) is 0 Å². The Kier molecular flexibility index (Phi) is 2.79. The Morgan fingerprint density at radius 1 is 1.33 bits per heavy atom. The number of carbonyl (C=O) groups excluding carboxylic acids is 1. The molecule has 1 aliphatic heterocycles. The minimum absolute atomic E-state index is 0.112. The molecule has 92 valence electrons. The fourth-order valence-electron chi connectivity index (χ4n) is 2.02. The number of carbonyl (C=O) groups is 1. The zero-order chi connectivity index (χ0) is 12.5. The third-order valence-electron chi connectivity index (χ3n) is 2.89. The maximum absolute atomic E-state index is 11.7.